The zero-order valence-electron chi connectivity index (χ0n) is 30.3. The van der Waals surface area contributed by atoms with Crippen LogP contribution >= 0.6 is 0 Å². The third-order valence-corrected chi connectivity index (χ3v) is 11.5. The average molecular weight is 871 g/mol. The fourth-order valence-corrected chi connectivity index (χ4v) is 8.23. The molecule has 0 saturated carbocycles. The summed E-state index contributed by atoms with van der Waals surface area (Å²) in [6.45, 7) is 11.6. The van der Waals surface area contributed by atoms with Gasteiger partial charge in [0.1, 0.15) is 5.58 Å². The molecule has 0 aliphatic rings. The number of rotatable bonds is 7. The van der Waals surface area contributed by atoms with Crippen LogP contribution in [-0.2, 0) is 26.5 Å². The summed E-state index contributed by atoms with van der Waals surface area (Å²) in [5.74, 6) is 0.357. The first kappa shape index (κ1) is 36.8. The van der Waals surface area contributed by atoms with Crippen molar-refractivity contribution in [2.75, 3.05) is 0 Å². The monoisotopic (exact) mass is 871 g/mol. The summed E-state index contributed by atoms with van der Waals surface area (Å²) in [5, 5.41) is 3.67. The summed E-state index contributed by atoms with van der Waals surface area (Å²) in [6.07, 6.45) is 4.86. The molecule has 0 bridgehead atoms. The van der Waals surface area contributed by atoms with E-state index >= 15 is 0 Å². The van der Waals surface area contributed by atoms with Crippen LogP contribution in [-0.4, -0.2) is 18.0 Å². The SMILES string of the molecule is Cc1c[c-]c(-c2cc(C(C)c3ccccc3)c([Si](C)(C)C)cn2)cc1.[Ir].[c-]1ccc2c(oc3ccccc32)c1-c1cc(Cc2ccccc2)ccn1. The summed E-state index contributed by atoms with van der Waals surface area (Å²) >= 11 is 0. The second-order valence-corrected chi connectivity index (χ2v) is 19.3. The number of fused-ring (bicyclic) bond motifs is 3. The molecule has 0 spiro atoms. The van der Waals surface area contributed by atoms with Crippen LogP contribution in [0.3, 0.4) is 0 Å². The molecule has 3 heterocycles. The zero-order chi connectivity index (χ0) is 35.4. The van der Waals surface area contributed by atoms with Gasteiger partial charge in [-0.3, -0.25) is 0 Å². The Morgan fingerprint density at radius 1 is 0.712 bits per heavy atom. The second-order valence-electron chi connectivity index (χ2n) is 14.2. The Labute approximate surface area is 322 Å². The molecule has 8 rings (SSSR count). The predicted octanol–water partition coefficient (Wildman–Crippen LogP) is 11.6. The van der Waals surface area contributed by atoms with Crippen LogP contribution in [0.2, 0.25) is 19.6 Å². The molecule has 261 valence electrons. The maximum Gasteiger partial charge on any atom is 0.120 e. The predicted molar refractivity (Wildman–Crippen MR) is 215 cm³/mol. The van der Waals surface area contributed by atoms with Gasteiger partial charge in [0.2, 0.25) is 0 Å². The number of furan rings is 1. The van der Waals surface area contributed by atoms with Crippen LogP contribution in [0.15, 0.2) is 150 Å². The van der Waals surface area contributed by atoms with Crippen molar-refractivity contribution >= 4 is 35.2 Å². The molecule has 0 fully saturated rings. The van der Waals surface area contributed by atoms with E-state index in [0.29, 0.717) is 5.92 Å². The Balaban J connectivity index is 0.000000175. The normalized spacial score (nSPS) is 11.8. The number of hydrogen-bond donors (Lipinski definition) is 0. The molecule has 3 aromatic heterocycles. The molecule has 0 aliphatic carbocycles. The first-order chi connectivity index (χ1) is 24.7. The summed E-state index contributed by atoms with van der Waals surface area (Å²) < 4.78 is 6.12. The first-order valence-corrected chi connectivity index (χ1v) is 21.1. The minimum atomic E-state index is -1.48. The largest absolute Gasteiger partial charge is 0.501 e. The standard InChI is InChI=1S/C24H16NO.C23H26NSi.Ir/c1-2-7-17(8-3-1)15-18-13-14-25-22(16-18)21-11-6-10-20-19-9-4-5-12-23(19)26-24(20)21;1-17-11-13-20(14-12-17)22-15-21(23(16-24-22)25(3,4)5)18(2)19-9-7-6-8-10-19;/h1-10,12-14,16H,15H2;6-13,15-16,18H,1-5H3;/q2*-1;. The van der Waals surface area contributed by atoms with Gasteiger partial charge < -0.3 is 14.4 Å². The molecule has 0 amide bonds. The van der Waals surface area contributed by atoms with Crippen molar-refractivity contribution in [3.05, 3.63) is 186 Å². The number of aryl methyl sites for hydroxylation is 1. The van der Waals surface area contributed by atoms with Crippen molar-refractivity contribution in [2.24, 2.45) is 0 Å². The van der Waals surface area contributed by atoms with Gasteiger partial charge in [0.15, 0.2) is 0 Å². The van der Waals surface area contributed by atoms with Crippen LogP contribution < -0.4 is 5.19 Å². The van der Waals surface area contributed by atoms with Gasteiger partial charge in [-0.15, -0.1) is 53.6 Å². The molecule has 52 heavy (non-hydrogen) atoms. The molecule has 8 aromatic rings. The van der Waals surface area contributed by atoms with Gasteiger partial charge in [-0.2, -0.15) is 0 Å². The van der Waals surface area contributed by atoms with E-state index in [0.717, 1.165) is 50.9 Å². The van der Waals surface area contributed by atoms with E-state index < -0.39 is 8.07 Å². The molecule has 0 aliphatic heterocycles. The van der Waals surface area contributed by atoms with E-state index in [1.807, 2.05) is 42.6 Å². The fourth-order valence-electron chi connectivity index (χ4n) is 6.62. The zero-order valence-corrected chi connectivity index (χ0v) is 33.7. The van der Waals surface area contributed by atoms with Crippen molar-refractivity contribution in [1.29, 1.82) is 0 Å². The average Bonchev–Trinajstić information content (AvgIpc) is 3.54. The molecule has 3 nitrogen and oxygen atoms in total. The van der Waals surface area contributed by atoms with Crippen molar-refractivity contribution in [2.45, 2.75) is 45.8 Å². The van der Waals surface area contributed by atoms with Gasteiger partial charge in [0.05, 0.1) is 13.7 Å². The summed E-state index contributed by atoms with van der Waals surface area (Å²) in [5.41, 5.74) is 12.1. The van der Waals surface area contributed by atoms with E-state index in [4.69, 9.17) is 9.40 Å². The molecule has 5 aromatic carbocycles. The van der Waals surface area contributed by atoms with Gasteiger partial charge in [-0.25, -0.2) is 0 Å². The fraction of sp³-hybridized carbons (Fsp3) is 0.149. The first-order valence-electron chi connectivity index (χ1n) is 17.6. The van der Waals surface area contributed by atoms with Gasteiger partial charge >= 0.3 is 0 Å². The van der Waals surface area contributed by atoms with Crippen molar-refractivity contribution in [3.8, 4) is 22.5 Å². The van der Waals surface area contributed by atoms with Gasteiger partial charge in [0, 0.05) is 43.8 Å². The van der Waals surface area contributed by atoms with Crippen LogP contribution in [0.25, 0.3) is 44.5 Å². The van der Waals surface area contributed by atoms with Gasteiger partial charge in [0.25, 0.3) is 0 Å². The maximum atomic E-state index is 6.12. The molecule has 5 heteroatoms. The van der Waals surface area contributed by atoms with E-state index in [-0.39, 0.29) is 20.1 Å². The van der Waals surface area contributed by atoms with E-state index in [1.54, 1.807) is 0 Å². The molecule has 1 unspecified atom stereocenters. The summed E-state index contributed by atoms with van der Waals surface area (Å²) in [4.78, 5) is 9.37. The Morgan fingerprint density at radius 2 is 1.44 bits per heavy atom. The third-order valence-electron chi connectivity index (χ3n) is 9.42. The smallest absolute Gasteiger partial charge is 0.120 e. The number of para-hydroxylation sites is 1. The topological polar surface area (TPSA) is 38.9 Å². The van der Waals surface area contributed by atoms with Crippen LogP contribution in [0.1, 0.15) is 40.7 Å². The van der Waals surface area contributed by atoms with Gasteiger partial charge in [-0.05, 0) is 57.4 Å². The van der Waals surface area contributed by atoms with Crippen LogP contribution in [0.5, 0.6) is 0 Å². The minimum absolute atomic E-state index is 0. The number of hydrogen-bond acceptors (Lipinski definition) is 3. The van der Waals surface area contributed by atoms with Gasteiger partial charge in [-0.1, -0.05) is 135 Å². The number of pyridine rings is 2. The Morgan fingerprint density at radius 3 is 2.17 bits per heavy atom. The van der Waals surface area contributed by atoms with E-state index in [1.165, 1.54) is 33.0 Å². The van der Waals surface area contributed by atoms with E-state index in [9.17, 15) is 0 Å². The number of nitrogens with zero attached hydrogens (tertiary/aromatic N) is 2. The van der Waals surface area contributed by atoms with E-state index in [2.05, 4.69) is 154 Å². The molecule has 0 N–H and O–H groups in total. The second kappa shape index (κ2) is 16.2. The van der Waals surface area contributed by atoms with Crippen molar-refractivity contribution < 1.29 is 24.5 Å². The Hall–Kier alpha value is -4.93. The Bertz CT molecular complexity index is 2400. The summed E-state index contributed by atoms with van der Waals surface area (Å²) in [7, 11) is -1.48. The van der Waals surface area contributed by atoms with Crippen molar-refractivity contribution in [3.63, 3.8) is 0 Å². The molecular formula is C47H42IrN2OSi-2. The number of aromatic nitrogens is 2. The number of benzene rings is 5. The van der Waals surface area contributed by atoms with Crippen molar-refractivity contribution in [1.82, 2.24) is 9.97 Å². The van der Waals surface area contributed by atoms with Crippen LogP contribution in [0, 0.1) is 19.1 Å². The molecule has 0 saturated heterocycles. The molecular weight excluding hydrogens is 829 g/mol. The molecule has 1 atom stereocenters. The van der Waals surface area contributed by atoms with Crippen LogP contribution in [0.4, 0.5) is 0 Å². The Kier molecular flexibility index (Phi) is 11.5. The third kappa shape index (κ3) is 8.24. The maximum absolute atomic E-state index is 6.12. The minimum Gasteiger partial charge on any atom is -0.501 e. The quantitative estimate of drug-likeness (QED) is 0.118. The molecule has 1 radical (unpaired) electrons. The summed E-state index contributed by atoms with van der Waals surface area (Å²) in [6, 6.07) is 52.8.